The van der Waals surface area contributed by atoms with Gasteiger partial charge in [-0.05, 0) is 29.7 Å². The number of nitrogens with two attached hydrogens (primary N) is 1. The third kappa shape index (κ3) is 4.96. The largest absolute Gasteiger partial charge is 0.389 e. The number of thiocarbonyl (C=S) groups is 1. The fraction of sp³-hybridized carbons (Fsp3) is 0.188. The molecule has 1 amide bonds. The van der Waals surface area contributed by atoms with Gasteiger partial charge in [-0.15, -0.1) is 0 Å². The number of aromatic nitrogens is 1. The number of rotatable bonds is 6. The second kappa shape index (κ2) is 7.50. The molecule has 0 fully saturated rings. The van der Waals surface area contributed by atoms with Crippen molar-refractivity contribution in [2.75, 3.05) is 6.54 Å². The van der Waals surface area contributed by atoms with Crippen molar-refractivity contribution < 1.29 is 4.79 Å². The van der Waals surface area contributed by atoms with E-state index in [4.69, 9.17) is 18.0 Å². The molecule has 2 rings (SSSR count). The van der Waals surface area contributed by atoms with Gasteiger partial charge in [-0.3, -0.25) is 9.78 Å². The van der Waals surface area contributed by atoms with Crippen LogP contribution in [0.15, 0.2) is 48.8 Å². The predicted octanol–water partition coefficient (Wildman–Crippen LogP) is 1.62. The summed E-state index contributed by atoms with van der Waals surface area (Å²) in [4.78, 5) is 16.2. The van der Waals surface area contributed by atoms with E-state index in [1.165, 1.54) is 0 Å². The zero-order valence-corrected chi connectivity index (χ0v) is 12.4. The highest BCUT2D eigenvalue weighted by Gasteiger charge is 2.04. The molecule has 0 unspecified atom stereocenters. The van der Waals surface area contributed by atoms with Gasteiger partial charge in [0.1, 0.15) is 4.99 Å². The van der Waals surface area contributed by atoms with Gasteiger partial charge in [0, 0.05) is 24.5 Å². The predicted molar refractivity (Wildman–Crippen MR) is 87.0 cm³/mol. The quantitative estimate of drug-likeness (QED) is 0.795. The molecule has 4 nitrogen and oxygen atoms in total. The van der Waals surface area contributed by atoms with Crippen molar-refractivity contribution in [1.29, 1.82) is 0 Å². The molecule has 0 spiro atoms. The maximum absolute atomic E-state index is 11.8. The Morgan fingerprint density at radius 1 is 1.10 bits per heavy atom. The maximum Gasteiger partial charge on any atom is 0.224 e. The van der Waals surface area contributed by atoms with Gasteiger partial charge in [0.25, 0.3) is 0 Å². The standard InChI is InChI=1S/C16H17N3OS/c17-16(21)14-3-1-13(2-4-14)11-15(20)19-10-7-12-5-8-18-9-6-12/h1-6,8-9H,7,10-11H2,(H2,17,21)(H,19,20). The SMILES string of the molecule is NC(=S)c1ccc(CC(=O)NCCc2ccncc2)cc1. The van der Waals surface area contributed by atoms with E-state index in [1.54, 1.807) is 12.4 Å². The molecule has 1 heterocycles. The van der Waals surface area contributed by atoms with Crippen LogP contribution in [-0.4, -0.2) is 22.4 Å². The van der Waals surface area contributed by atoms with Gasteiger partial charge in [-0.1, -0.05) is 36.5 Å². The van der Waals surface area contributed by atoms with Crippen LogP contribution in [0.4, 0.5) is 0 Å². The first kappa shape index (κ1) is 15.1. The Balaban J connectivity index is 1.78. The molecular weight excluding hydrogens is 282 g/mol. The van der Waals surface area contributed by atoms with Crippen molar-refractivity contribution in [2.24, 2.45) is 5.73 Å². The number of benzene rings is 1. The van der Waals surface area contributed by atoms with Gasteiger partial charge < -0.3 is 11.1 Å². The van der Waals surface area contributed by atoms with E-state index in [0.29, 0.717) is 18.0 Å². The number of carbonyl (C=O) groups excluding carboxylic acids is 1. The summed E-state index contributed by atoms with van der Waals surface area (Å²) in [6.07, 6.45) is 4.66. The minimum atomic E-state index is 0.00660. The molecular formula is C16H17N3OS. The molecule has 0 aliphatic carbocycles. The summed E-state index contributed by atoms with van der Waals surface area (Å²) in [5.41, 5.74) is 8.45. The number of amides is 1. The minimum Gasteiger partial charge on any atom is -0.389 e. The van der Waals surface area contributed by atoms with E-state index in [1.807, 2.05) is 36.4 Å². The van der Waals surface area contributed by atoms with Crippen molar-refractivity contribution in [3.8, 4) is 0 Å². The Kier molecular flexibility index (Phi) is 5.40. The van der Waals surface area contributed by atoms with Gasteiger partial charge in [0.2, 0.25) is 5.91 Å². The van der Waals surface area contributed by atoms with E-state index >= 15 is 0 Å². The molecule has 0 atom stereocenters. The Labute approximate surface area is 129 Å². The Hall–Kier alpha value is -2.27. The summed E-state index contributed by atoms with van der Waals surface area (Å²) in [5, 5.41) is 2.91. The van der Waals surface area contributed by atoms with Crippen LogP contribution in [0.1, 0.15) is 16.7 Å². The van der Waals surface area contributed by atoms with E-state index < -0.39 is 0 Å². The van der Waals surface area contributed by atoms with Crippen LogP contribution >= 0.6 is 12.2 Å². The Bertz CT molecular complexity index is 611. The van der Waals surface area contributed by atoms with Crippen LogP contribution in [0.25, 0.3) is 0 Å². The van der Waals surface area contributed by atoms with Gasteiger partial charge in [0.15, 0.2) is 0 Å². The lowest BCUT2D eigenvalue weighted by Crippen LogP contribution is -2.27. The van der Waals surface area contributed by atoms with Crippen LogP contribution < -0.4 is 11.1 Å². The smallest absolute Gasteiger partial charge is 0.224 e. The second-order valence-electron chi connectivity index (χ2n) is 4.69. The second-order valence-corrected chi connectivity index (χ2v) is 5.13. The van der Waals surface area contributed by atoms with Crippen LogP contribution in [0, 0.1) is 0 Å². The summed E-state index contributed by atoms with van der Waals surface area (Å²) in [7, 11) is 0. The molecule has 1 aromatic carbocycles. The molecule has 21 heavy (non-hydrogen) atoms. The number of carbonyl (C=O) groups is 1. The molecule has 0 aliphatic rings. The van der Waals surface area contributed by atoms with Crippen molar-refractivity contribution in [2.45, 2.75) is 12.8 Å². The summed E-state index contributed by atoms with van der Waals surface area (Å²) in [5.74, 6) is 0.00660. The Morgan fingerprint density at radius 3 is 2.38 bits per heavy atom. The molecule has 0 bridgehead atoms. The first-order chi connectivity index (χ1) is 10.1. The summed E-state index contributed by atoms with van der Waals surface area (Å²) in [6.45, 7) is 0.619. The molecule has 0 saturated heterocycles. The lowest BCUT2D eigenvalue weighted by atomic mass is 10.1. The zero-order valence-electron chi connectivity index (χ0n) is 11.6. The molecule has 2 aromatic rings. The fourth-order valence-corrected chi connectivity index (χ4v) is 2.07. The number of nitrogens with zero attached hydrogens (tertiary/aromatic N) is 1. The average molecular weight is 299 g/mol. The summed E-state index contributed by atoms with van der Waals surface area (Å²) in [6, 6.07) is 11.3. The van der Waals surface area contributed by atoms with E-state index in [9.17, 15) is 4.79 Å². The lowest BCUT2D eigenvalue weighted by molar-refractivity contribution is -0.120. The van der Waals surface area contributed by atoms with Crippen molar-refractivity contribution in [3.63, 3.8) is 0 Å². The van der Waals surface area contributed by atoms with Crippen LogP contribution in [0.3, 0.4) is 0 Å². The maximum atomic E-state index is 11.8. The van der Waals surface area contributed by atoms with Crippen molar-refractivity contribution in [1.82, 2.24) is 10.3 Å². The average Bonchev–Trinajstić information content (AvgIpc) is 2.49. The van der Waals surface area contributed by atoms with Crippen molar-refractivity contribution in [3.05, 3.63) is 65.5 Å². The highest BCUT2D eigenvalue weighted by Crippen LogP contribution is 2.05. The monoisotopic (exact) mass is 299 g/mol. The molecule has 108 valence electrons. The number of nitrogens with one attached hydrogen (secondary N) is 1. The third-order valence-corrected chi connectivity index (χ3v) is 3.32. The van der Waals surface area contributed by atoms with E-state index in [2.05, 4.69) is 10.3 Å². The third-order valence-electron chi connectivity index (χ3n) is 3.09. The van der Waals surface area contributed by atoms with Gasteiger partial charge in [0.05, 0.1) is 6.42 Å². The molecule has 0 radical (unpaired) electrons. The van der Waals surface area contributed by atoms with Crippen LogP contribution in [0.2, 0.25) is 0 Å². The van der Waals surface area contributed by atoms with E-state index in [-0.39, 0.29) is 5.91 Å². The van der Waals surface area contributed by atoms with Crippen LogP contribution in [-0.2, 0) is 17.6 Å². The molecule has 3 N–H and O–H groups in total. The number of pyridine rings is 1. The van der Waals surface area contributed by atoms with Gasteiger partial charge >= 0.3 is 0 Å². The summed E-state index contributed by atoms with van der Waals surface area (Å²) >= 11 is 4.89. The zero-order chi connectivity index (χ0) is 15.1. The first-order valence-electron chi connectivity index (χ1n) is 6.69. The molecule has 5 heteroatoms. The molecule has 1 aromatic heterocycles. The number of hydrogen-bond acceptors (Lipinski definition) is 3. The lowest BCUT2D eigenvalue weighted by Gasteiger charge is -2.06. The van der Waals surface area contributed by atoms with E-state index in [0.717, 1.165) is 23.1 Å². The normalized spacial score (nSPS) is 10.1. The number of hydrogen-bond donors (Lipinski definition) is 2. The summed E-state index contributed by atoms with van der Waals surface area (Å²) < 4.78 is 0. The highest BCUT2D eigenvalue weighted by atomic mass is 32.1. The molecule has 0 aliphatic heterocycles. The van der Waals surface area contributed by atoms with Gasteiger partial charge in [-0.2, -0.15) is 0 Å². The minimum absolute atomic E-state index is 0.00660. The van der Waals surface area contributed by atoms with Crippen LogP contribution in [0.5, 0.6) is 0 Å². The fourth-order valence-electron chi connectivity index (χ4n) is 1.93. The first-order valence-corrected chi connectivity index (χ1v) is 7.10. The topological polar surface area (TPSA) is 68.0 Å². The van der Waals surface area contributed by atoms with Crippen molar-refractivity contribution >= 4 is 23.1 Å². The highest BCUT2D eigenvalue weighted by molar-refractivity contribution is 7.80. The molecule has 0 saturated carbocycles. The van der Waals surface area contributed by atoms with Gasteiger partial charge in [-0.25, -0.2) is 0 Å². The Morgan fingerprint density at radius 2 is 1.76 bits per heavy atom.